The molecule has 114 valence electrons. The predicted octanol–water partition coefficient (Wildman–Crippen LogP) is 1.32. The second-order valence-corrected chi connectivity index (χ2v) is 6.35. The summed E-state index contributed by atoms with van der Waals surface area (Å²) in [4.78, 5) is 26.7. The van der Waals surface area contributed by atoms with Gasteiger partial charge in [-0.05, 0) is 46.0 Å². The third kappa shape index (κ3) is 3.72. The lowest BCUT2D eigenvalue weighted by molar-refractivity contribution is -0.142. The molecule has 2 amide bonds. The van der Waals surface area contributed by atoms with Gasteiger partial charge < -0.3 is 15.0 Å². The summed E-state index contributed by atoms with van der Waals surface area (Å²) in [6.07, 6.45) is 4.82. The maximum atomic E-state index is 12.5. The van der Waals surface area contributed by atoms with Crippen LogP contribution < -0.4 is 5.32 Å². The third-order valence-electron chi connectivity index (χ3n) is 4.21. The molecule has 5 heteroatoms. The zero-order valence-corrected chi connectivity index (χ0v) is 12.6. The minimum Gasteiger partial charge on any atom is -0.381 e. The van der Waals surface area contributed by atoms with Crippen molar-refractivity contribution in [1.29, 1.82) is 0 Å². The number of ether oxygens (including phenoxy) is 1. The Balaban J connectivity index is 1.91. The molecule has 0 saturated carbocycles. The number of nitrogens with one attached hydrogen (secondary N) is 1. The molecule has 0 aromatic carbocycles. The number of carbonyl (C=O) groups excluding carboxylic acids is 2. The van der Waals surface area contributed by atoms with Crippen LogP contribution >= 0.6 is 0 Å². The zero-order chi connectivity index (χ0) is 14.6. The molecular formula is C15H26N2O3. The maximum absolute atomic E-state index is 12.5. The van der Waals surface area contributed by atoms with Crippen molar-refractivity contribution in [2.75, 3.05) is 26.3 Å². The molecule has 0 unspecified atom stereocenters. The highest BCUT2D eigenvalue weighted by atomic mass is 16.5. The Labute approximate surface area is 121 Å². The second-order valence-electron chi connectivity index (χ2n) is 6.35. The van der Waals surface area contributed by atoms with E-state index in [-0.39, 0.29) is 17.7 Å². The van der Waals surface area contributed by atoms with Gasteiger partial charge in [0.15, 0.2) is 0 Å². The lowest BCUT2D eigenvalue weighted by Crippen LogP contribution is -2.58. The number of nitrogens with zero attached hydrogens (tertiary/aromatic N) is 1. The van der Waals surface area contributed by atoms with Crippen LogP contribution in [0.2, 0.25) is 0 Å². The minimum atomic E-state index is -0.813. The fourth-order valence-corrected chi connectivity index (χ4v) is 2.92. The molecule has 2 saturated heterocycles. The van der Waals surface area contributed by atoms with Crippen molar-refractivity contribution in [1.82, 2.24) is 10.2 Å². The molecule has 0 aromatic rings. The van der Waals surface area contributed by atoms with Gasteiger partial charge in [0.2, 0.25) is 11.8 Å². The molecule has 2 aliphatic rings. The molecule has 1 N–H and O–H groups in total. The first-order valence-corrected chi connectivity index (χ1v) is 7.70. The van der Waals surface area contributed by atoms with Gasteiger partial charge in [0, 0.05) is 32.2 Å². The molecule has 20 heavy (non-hydrogen) atoms. The van der Waals surface area contributed by atoms with Crippen molar-refractivity contribution in [3.8, 4) is 0 Å². The van der Waals surface area contributed by atoms with Gasteiger partial charge in [-0.25, -0.2) is 0 Å². The normalized spacial score (nSPS) is 21.6. The number of likely N-dealkylation sites (tertiary alicyclic amines) is 1. The van der Waals surface area contributed by atoms with Crippen LogP contribution in [-0.2, 0) is 14.3 Å². The Morgan fingerprint density at radius 1 is 1.10 bits per heavy atom. The van der Waals surface area contributed by atoms with Crippen LogP contribution in [0.15, 0.2) is 0 Å². The van der Waals surface area contributed by atoms with Crippen molar-refractivity contribution in [3.63, 3.8) is 0 Å². The SMILES string of the molecule is CC(C)(NC(=O)C1CCOCC1)C(=O)N1CCCCC1. The topological polar surface area (TPSA) is 58.6 Å². The molecule has 0 aliphatic carbocycles. The summed E-state index contributed by atoms with van der Waals surface area (Å²) in [6.45, 7) is 6.52. The summed E-state index contributed by atoms with van der Waals surface area (Å²) in [5.41, 5.74) is -0.813. The average molecular weight is 282 g/mol. The Kier molecular flexibility index (Phi) is 5.02. The molecule has 0 aromatic heterocycles. The van der Waals surface area contributed by atoms with Gasteiger partial charge in [0.1, 0.15) is 5.54 Å². The molecule has 2 aliphatic heterocycles. The van der Waals surface area contributed by atoms with Crippen molar-refractivity contribution in [3.05, 3.63) is 0 Å². The monoisotopic (exact) mass is 282 g/mol. The predicted molar refractivity (Wildman–Crippen MR) is 76.2 cm³/mol. The quantitative estimate of drug-likeness (QED) is 0.849. The fourth-order valence-electron chi connectivity index (χ4n) is 2.92. The van der Waals surface area contributed by atoms with E-state index in [9.17, 15) is 9.59 Å². The Morgan fingerprint density at radius 3 is 2.30 bits per heavy atom. The molecular weight excluding hydrogens is 256 g/mol. The molecule has 2 rings (SSSR count). The second kappa shape index (κ2) is 6.57. The first-order chi connectivity index (χ1) is 9.50. The number of rotatable bonds is 3. The van der Waals surface area contributed by atoms with E-state index in [1.807, 2.05) is 4.90 Å². The first-order valence-electron chi connectivity index (χ1n) is 7.70. The zero-order valence-electron chi connectivity index (χ0n) is 12.6. The molecule has 2 fully saturated rings. The van der Waals surface area contributed by atoms with Gasteiger partial charge in [-0.15, -0.1) is 0 Å². The fraction of sp³-hybridized carbons (Fsp3) is 0.867. The van der Waals surface area contributed by atoms with Crippen LogP contribution in [0.25, 0.3) is 0 Å². The highest BCUT2D eigenvalue weighted by Crippen LogP contribution is 2.19. The van der Waals surface area contributed by atoms with Crippen molar-refractivity contribution >= 4 is 11.8 Å². The smallest absolute Gasteiger partial charge is 0.247 e. The van der Waals surface area contributed by atoms with Gasteiger partial charge in [-0.2, -0.15) is 0 Å². The number of carbonyl (C=O) groups is 2. The van der Waals surface area contributed by atoms with Crippen LogP contribution in [0, 0.1) is 5.92 Å². The number of piperidine rings is 1. The van der Waals surface area contributed by atoms with Crippen LogP contribution in [0.3, 0.4) is 0 Å². The third-order valence-corrected chi connectivity index (χ3v) is 4.21. The molecule has 2 heterocycles. The van der Waals surface area contributed by atoms with E-state index in [4.69, 9.17) is 4.74 Å². The van der Waals surface area contributed by atoms with Crippen molar-refractivity contribution in [2.45, 2.75) is 51.5 Å². The van der Waals surface area contributed by atoms with Crippen molar-refractivity contribution < 1.29 is 14.3 Å². The molecule has 0 spiro atoms. The van der Waals surface area contributed by atoms with E-state index in [1.54, 1.807) is 13.8 Å². The number of hydrogen-bond donors (Lipinski definition) is 1. The summed E-state index contributed by atoms with van der Waals surface area (Å²) in [6, 6.07) is 0. The molecule has 5 nitrogen and oxygen atoms in total. The molecule has 0 atom stereocenters. The van der Waals surface area contributed by atoms with E-state index in [1.165, 1.54) is 6.42 Å². The Bertz CT molecular complexity index is 356. The van der Waals surface area contributed by atoms with Gasteiger partial charge in [0.05, 0.1) is 0 Å². The Morgan fingerprint density at radius 2 is 1.70 bits per heavy atom. The summed E-state index contributed by atoms with van der Waals surface area (Å²) >= 11 is 0. The highest BCUT2D eigenvalue weighted by molar-refractivity contribution is 5.91. The van der Waals surface area contributed by atoms with Gasteiger partial charge in [-0.3, -0.25) is 9.59 Å². The summed E-state index contributed by atoms with van der Waals surface area (Å²) < 4.78 is 5.27. The molecule has 0 bridgehead atoms. The maximum Gasteiger partial charge on any atom is 0.247 e. The first kappa shape index (κ1) is 15.3. The van der Waals surface area contributed by atoms with E-state index in [2.05, 4.69) is 5.32 Å². The molecule has 0 radical (unpaired) electrons. The van der Waals surface area contributed by atoms with Crippen LogP contribution in [-0.4, -0.2) is 48.6 Å². The Hall–Kier alpha value is -1.10. The van der Waals surface area contributed by atoms with E-state index >= 15 is 0 Å². The van der Waals surface area contributed by atoms with Crippen LogP contribution in [0.5, 0.6) is 0 Å². The summed E-state index contributed by atoms with van der Waals surface area (Å²) in [5, 5.41) is 2.94. The summed E-state index contributed by atoms with van der Waals surface area (Å²) in [5.74, 6) is 0.0125. The number of amides is 2. The van der Waals surface area contributed by atoms with Crippen LogP contribution in [0.4, 0.5) is 0 Å². The van der Waals surface area contributed by atoms with E-state index in [0.29, 0.717) is 13.2 Å². The summed E-state index contributed by atoms with van der Waals surface area (Å²) in [7, 11) is 0. The van der Waals surface area contributed by atoms with Crippen LogP contribution in [0.1, 0.15) is 46.0 Å². The van der Waals surface area contributed by atoms with E-state index < -0.39 is 5.54 Å². The largest absolute Gasteiger partial charge is 0.381 e. The lowest BCUT2D eigenvalue weighted by Gasteiger charge is -2.35. The highest BCUT2D eigenvalue weighted by Gasteiger charge is 2.35. The standard InChI is InChI=1S/C15H26N2O3/c1-15(2,14(19)17-8-4-3-5-9-17)16-13(18)12-6-10-20-11-7-12/h12H,3-11H2,1-2H3,(H,16,18). The number of hydrogen-bond acceptors (Lipinski definition) is 3. The van der Waals surface area contributed by atoms with Gasteiger partial charge >= 0.3 is 0 Å². The lowest BCUT2D eigenvalue weighted by atomic mass is 9.95. The van der Waals surface area contributed by atoms with Crippen molar-refractivity contribution in [2.24, 2.45) is 5.92 Å². The van der Waals surface area contributed by atoms with E-state index in [0.717, 1.165) is 38.8 Å². The average Bonchev–Trinajstić information content (AvgIpc) is 2.48. The van der Waals surface area contributed by atoms with Gasteiger partial charge in [0.25, 0.3) is 0 Å². The van der Waals surface area contributed by atoms with Gasteiger partial charge in [-0.1, -0.05) is 0 Å². The minimum absolute atomic E-state index is 0.0105.